The molecule has 2 N–H and O–H groups in total. The standard InChI is InChI=1S/C30H28N2O2.C10H7NO2/c1-30(2)16-26-20(11-13-24-23-9-4-3-6-19(23)10-12-25(24)26)15-27(30)21-7-5-8-22(14-21)32-18-28(33)31-17-29(32)34;12-10(13)8-3-4-9-7(6-8)2-1-5-11-9/h3-14,27H,15-18H2,1-2H3,(H,31,33);1-6H,(H,12,13). The van der Waals surface area contributed by atoms with Crippen molar-refractivity contribution in [2.75, 3.05) is 18.0 Å². The van der Waals surface area contributed by atoms with Gasteiger partial charge in [0, 0.05) is 17.3 Å². The summed E-state index contributed by atoms with van der Waals surface area (Å²) in [7, 11) is 0. The zero-order valence-corrected chi connectivity index (χ0v) is 26.4. The molecular weight excluding hydrogens is 586 g/mol. The second-order valence-corrected chi connectivity index (χ2v) is 13.1. The molecule has 1 aliphatic carbocycles. The lowest BCUT2D eigenvalue weighted by molar-refractivity contribution is -0.128. The Morgan fingerprint density at radius 3 is 2.51 bits per heavy atom. The van der Waals surface area contributed by atoms with Crippen LogP contribution in [0.2, 0.25) is 0 Å². The molecule has 2 amide bonds. The molecule has 0 radical (unpaired) electrons. The number of amides is 2. The van der Waals surface area contributed by atoms with Crippen molar-refractivity contribution in [1.82, 2.24) is 10.3 Å². The smallest absolute Gasteiger partial charge is 0.335 e. The normalized spacial score (nSPS) is 17.1. The molecule has 7 nitrogen and oxygen atoms in total. The number of pyridine rings is 1. The molecule has 2 heterocycles. The second-order valence-electron chi connectivity index (χ2n) is 13.1. The molecule has 0 spiro atoms. The van der Waals surface area contributed by atoms with Crippen molar-refractivity contribution in [3.8, 4) is 0 Å². The van der Waals surface area contributed by atoms with Gasteiger partial charge in [-0.15, -0.1) is 0 Å². The molecule has 6 aromatic rings. The van der Waals surface area contributed by atoms with Gasteiger partial charge in [0.05, 0.1) is 17.6 Å². The molecule has 1 unspecified atom stereocenters. The van der Waals surface area contributed by atoms with Crippen LogP contribution in [0.15, 0.2) is 109 Å². The minimum atomic E-state index is -0.911. The Morgan fingerprint density at radius 1 is 0.851 bits per heavy atom. The van der Waals surface area contributed by atoms with Gasteiger partial charge in [0.15, 0.2) is 0 Å². The van der Waals surface area contributed by atoms with Crippen molar-refractivity contribution >= 4 is 55.9 Å². The molecule has 1 saturated heterocycles. The van der Waals surface area contributed by atoms with Crippen molar-refractivity contribution in [3.05, 3.63) is 132 Å². The number of nitrogens with zero attached hydrogens (tertiary/aromatic N) is 2. The van der Waals surface area contributed by atoms with Crippen molar-refractivity contribution in [2.24, 2.45) is 5.41 Å². The summed E-state index contributed by atoms with van der Waals surface area (Å²) in [5.74, 6) is -0.766. The summed E-state index contributed by atoms with van der Waals surface area (Å²) in [5.41, 5.74) is 6.06. The molecule has 0 bridgehead atoms. The summed E-state index contributed by atoms with van der Waals surface area (Å²) in [5, 5.41) is 17.5. The maximum Gasteiger partial charge on any atom is 0.335 e. The number of rotatable bonds is 3. The molecule has 1 aromatic heterocycles. The topological polar surface area (TPSA) is 99.6 Å². The number of hydrogen-bond acceptors (Lipinski definition) is 4. The third kappa shape index (κ3) is 5.81. The van der Waals surface area contributed by atoms with Gasteiger partial charge in [-0.1, -0.05) is 80.6 Å². The van der Waals surface area contributed by atoms with Crippen LogP contribution in [0.5, 0.6) is 0 Å². The highest BCUT2D eigenvalue weighted by molar-refractivity contribution is 6.09. The van der Waals surface area contributed by atoms with E-state index in [0.29, 0.717) is 11.5 Å². The SMILES string of the molecule is CC1(C)Cc2c(ccc3c2ccc2ccccc23)CC1c1cccc(N2CC(=O)NCC2=O)c1.O=C(O)c1ccc2ncccc2c1. The van der Waals surface area contributed by atoms with Crippen LogP contribution in [-0.2, 0) is 22.4 Å². The summed E-state index contributed by atoms with van der Waals surface area (Å²) in [6, 6.07) is 34.5. The first-order chi connectivity index (χ1) is 22.7. The Hall–Kier alpha value is -5.56. The number of aromatic carboxylic acids is 1. The predicted molar refractivity (Wildman–Crippen MR) is 186 cm³/mol. The summed E-state index contributed by atoms with van der Waals surface area (Å²) in [4.78, 5) is 40.7. The largest absolute Gasteiger partial charge is 0.478 e. The van der Waals surface area contributed by atoms with Gasteiger partial charge in [-0.05, 0) is 98.8 Å². The van der Waals surface area contributed by atoms with E-state index < -0.39 is 5.97 Å². The Kier molecular flexibility index (Phi) is 7.68. The number of benzene rings is 5. The number of anilines is 1. The van der Waals surface area contributed by atoms with Crippen molar-refractivity contribution < 1.29 is 19.5 Å². The van der Waals surface area contributed by atoms with Crippen LogP contribution in [0.4, 0.5) is 5.69 Å². The monoisotopic (exact) mass is 621 g/mol. The van der Waals surface area contributed by atoms with E-state index in [1.165, 1.54) is 38.2 Å². The molecule has 2 aliphatic rings. The molecule has 234 valence electrons. The fraction of sp³-hybridized carbons (Fsp3) is 0.200. The van der Waals surface area contributed by atoms with Crippen LogP contribution in [0, 0.1) is 5.41 Å². The molecule has 1 aliphatic heterocycles. The van der Waals surface area contributed by atoms with Gasteiger partial charge < -0.3 is 15.3 Å². The summed E-state index contributed by atoms with van der Waals surface area (Å²) >= 11 is 0. The van der Waals surface area contributed by atoms with Crippen LogP contribution < -0.4 is 10.2 Å². The summed E-state index contributed by atoms with van der Waals surface area (Å²) in [6.45, 7) is 4.85. The van der Waals surface area contributed by atoms with Gasteiger partial charge in [0.2, 0.25) is 11.8 Å². The number of carbonyl (C=O) groups is 3. The molecular formula is C40H35N3O4. The van der Waals surface area contributed by atoms with Gasteiger partial charge in [-0.3, -0.25) is 14.6 Å². The van der Waals surface area contributed by atoms with Crippen LogP contribution in [0.3, 0.4) is 0 Å². The van der Waals surface area contributed by atoms with Crippen LogP contribution >= 0.6 is 0 Å². The molecule has 7 heteroatoms. The first kappa shape index (κ1) is 30.1. The highest BCUT2D eigenvalue weighted by atomic mass is 16.4. The van der Waals surface area contributed by atoms with Crippen LogP contribution in [0.25, 0.3) is 32.4 Å². The maximum absolute atomic E-state index is 12.4. The Balaban J connectivity index is 0.000000226. The highest BCUT2D eigenvalue weighted by Crippen LogP contribution is 2.48. The maximum atomic E-state index is 12.4. The minimum Gasteiger partial charge on any atom is -0.478 e. The predicted octanol–water partition coefficient (Wildman–Crippen LogP) is 7.30. The van der Waals surface area contributed by atoms with E-state index in [2.05, 4.69) is 84.8 Å². The van der Waals surface area contributed by atoms with Gasteiger partial charge in [0.25, 0.3) is 0 Å². The average Bonchev–Trinajstić information content (AvgIpc) is 3.08. The third-order valence-electron chi connectivity index (χ3n) is 9.61. The lowest BCUT2D eigenvalue weighted by Crippen LogP contribution is -2.51. The van der Waals surface area contributed by atoms with E-state index >= 15 is 0 Å². The zero-order chi connectivity index (χ0) is 32.7. The number of fused-ring (bicyclic) bond motifs is 6. The molecule has 5 aromatic carbocycles. The van der Waals surface area contributed by atoms with E-state index in [1.807, 2.05) is 18.2 Å². The third-order valence-corrected chi connectivity index (χ3v) is 9.61. The molecule has 47 heavy (non-hydrogen) atoms. The average molecular weight is 622 g/mol. The lowest BCUT2D eigenvalue weighted by atomic mass is 9.63. The lowest BCUT2D eigenvalue weighted by Gasteiger charge is -2.41. The fourth-order valence-electron chi connectivity index (χ4n) is 7.15. The number of carboxylic acids is 1. The Bertz CT molecular complexity index is 2210. The summed E-state index contributed by atoms with van der Waals surface area (Å²) in [6.07, 6.45) is 3.64. The second kappa shape index (κ2) is 12.0. The van der Waals surface area contributed by atoms with Crippen molar-refractivity contribution in [2.45, 2.75) is 32.6 Å². The van der Waals surface area contributed by atoms with Gasteiger partial charge in [-0.2, -0.15) is 0 Å². The van der Waals surface area contributed by atoms with E-state index in [4.69, 9.17) is 5.11 Å². The first-order valence-electron chi connectivity index (χ1n) is 15.9. The van der Waals surface area contributed by atoms with Crippen LogP contribution in [-0.4, -0.2) is 41.0 Å². The fourth-order valence-corrected chi connectivity index (χ4v) is 7.15. The Labute approximate surface area is 272 Å². The van der Waals surface area contributed by atoms with Gasteiger partial charge in [-0.25, -0.2) is 4.79 Å². The molecule has 1 atom stereocenters. The number of carboxylic acid groups (broad SMARTS) is 1. The van der Waals surface area contributed by atoms with E-state index in [9.17, 15) is 14.4 Å². The van der Waals surface area contributed by atoms with Crippen molar-refractivity contribution in [3.63, 3.8) is 0 Å². The van der Waals surface area contributed by atoms with E-state index in [0.717, 1.165) is 29.4 Å². The first-order valence-corrected chi connectivity index (χ1v) is 15.9. The van der Waals surface area contributed by atoms with E-state index in [1.54, 1.807) is 35.4 Å². The number of nitrogens with one attached hydrogen (secondary N) is 1. The highest BCUT2D eigenvalue weighted by Gasteiger charge is 2.37. The number of piperazine rings is 1. The molecule has 1 fully saturated rings. The minimum absolute atomic E-state index is 0.0504. The van der Waals surface area contributed by atoms with Crippen molar-refractivity contribution in [1.29, 1.82) is 0 Å². The molecule has 8 rings (SSSR count). The van der Waals surface area contributed by atoms with E-state index in [-0.39, 0.29) is 30.3 Å². The summed E-state index contributed by atoms with van der Waals surface area (Å²) < 4.78 is 0. The Morgan fingerprint density at radius 2 is 1.66 bits per heavy atom. The zero-order valence-electron chi connectivity index (χ0n) is 26.4. The number of hydrogen-bond donors (Lipinski definition) is 2. The number of carbonyl (C=O) groups excluding carboxylic acids is 2. The van der Waals surface area contributed by atoms with Gasteiger partial charge in [0.1, 0.15) is 6.54 Å². The number of aromatic nitrogens is 1. The quantitative estimate of drug-likeness (QED) is 0.202. The van der Waals surface area contributed by atoms with Crippen LogP contribution in [0.1, 0.15) is 46.8 Å². The van der Waals surface area contributed by atoms with Gasteiger partial charge >= 0.3 is 5.97 Å². The molecule has 0 saturated carbocycles.